The van der Waals surface area contributed by atoms with Crippen LogP contribution in [-0.4, -0.2) is 5.97 Å². The van der Waals surface area contributed by atoms with Gasteiger partial charge in [-0.15, -0.1) is 0 Å². The molecule has 0 radical (unpaired) electrons. The molecule has 2 atom stereocenters. The zero-order chi connectivity index (χ0) is 11.0. The van der Waals surface area contributed by atoms with Gasteiger partial charge in [-0.1, -0.05) is 13.0 Å². The molecule has 1 aromatic carbocycles. The molecule has 1 saturated heterocycles. The summed E-state index contributed by atoms with van der Waals surface area (Å²) in [5.74, 6) is -2.10. The van der Waals surface area contributed by atoms with E-state index in [-0.39, 0.29) is 11.9 Å². The maximum atomic E-state index is 12.9. The highest BCUT2D eigenvalue weighted by molar-refractivity contribution is 5.72. The van der Waals surface area contributed by atoms with Crippen molar-refractivity contribution >= 4 is 5.97 Å². The number of cyclic esters (lactones) is 1. The number of carbonyl (C=O) groups excluding carboxylic acids is 1. The highest BCUT2D eigenvalue weighted by Gasteiger charge is 2.32. The fourth-order valence-corrected chi connectivity index (χ4v) is 1.76. The van der Waals surface area contributed by atoms with Crippen LogP contribution in [0.15, 0.2) is 18.2 Å². The summed E-state index contributed by atoms with van der Waals surface area (Å²) in [6, 6.07) is 3.57. The molecular formula is C11H10F2O2. The lowest BCUT2D eigenvalue weighted by atomic mass is 9.97. The SMILES string of the molecule is C[C@@H]1CC(=O)O[C@@H]1c1ccc(F)c(F)c1. The Kier molecular flexibility index (Phi) is 2.42. The molecule has 0 unspecified atom stereocenters. The summed E-state index contributed by atoms with van der Waals surface area (Å²) in [6.45, 7) is 1.84. The Bertz CT molecular complexity index is 404. The summed E-state index contributed by atoms with van der Waals surface area (Å²) in [6.07, 6.45) is -0.128. The average molecular weight is 212 g/mol. The predicted molar refractivity (Wildman–Crippen MR) is 49.0 cm³/mol. The number of hydrogen-bond acceptors (Lipinski definition) is 2. The topological polar surface area (TPSA) is 26.3 Å². The Morgan fingerprint density at radius 1 is 1.33 bits per heavy atom. The molecule has 1 aliphatic rings. The van der Waals surface area contributed by atoms with Crippen molar-refractivity contribution in [1.82, 2.24) is 0 Å². The van der Waals surface area contributed by atoms with Crippen LogP contribution in [0.2, 0.25) is 0 Å². The van der Waals surface area contributed by atoms with Crippen molar-refractivity contribution in [3.05, 3.63) is 35.4 Å². The highest BCUT2D eigenvalue weighted by atomic mass is 19.2. The molecule has 1 fully saturated rings. The quantitative estimate of drug-likeness (QED) is 0.669. The number of hydrogen-bond donors (Lipinski definition) is 0. The Labute approximate surface area is 85.9 Å². The second-order valence-electron chi connectivity index (χ2n) is 3.77. The number of ether oxygens (including phenoxy) is 1. The summed E-state index contributed by atoms with van der Waals surface area (Å²) >= 11 is 0. The molecule has 1 heterocycles. The van der Waals surface area contributed by atoms with E-state index < -0.39 is 17.7 Å². The monoisotopic (exact) mass is 212 g/mol. The van der Waals surface area contributed by atoms with E-state index in [0.717, 1.165) is 12.1 Å². The van der Waals surface area contributed by atoms with Gasteiger partial charge in [-0.05, 0) is 17.7 Å². The third kappa shape index (κ3) is 1.84. The molecule has 0 amide bonds. The van der Waals surface area contributed by atoms with E-state index in [2.05, 4.69) is 0 Å². The standard InChI is InChI=1S/C11H10F2O2/c1-6-4-10(14)15-11(6)7-2-3-8(12)9(13)5-7/h2-3,5-6,11H,4H2,1H3/t6-,11+/m1/s1. The molecule has 0 N–H and O–H groups in total. The van der Waals surface area contributed by atoms with Crippen LogP contribution in [0.25, 0.3) is 0 Å². The summed E-state index contributed by atoms with van der Waals surface area (Å²) in [5.41, 5.74) is 0.507. The van der Waals surface area contributed by atoms with Crippen LogP contribution < -0.4 is 0 Å². The lowest BCUT2D eigenvalue weighted by Gasteiger charge is -2.13. The fraction of sp³-hybridized carbons (Fsp3) is 0.364. The average Bonchev–Trinajstić information content (AvgIpc) is 2.50. The van der Waals surface area contributed by atoms with E-state index in [1.165, 1.54) is 6.07 Å². The van der Waals surface area contributed by atoms with E-state index in [1.54, 1.807) is 0 Å². The molecule has 0 saturated carbocycles. The molecule has 4 heteroatoms. The molecular weight excluding hydrogens is 202 g/mol. The van der Waals surface area contributed by atoms with E-state index >= 15 is 0 Å². The Morgan fingerprint density at radius 2 is 2.07 bits per heavy atom. The molecule has 1 aliphatic heterocycles. The summed E-state index contributed by atoms with van der Waals surface area (Å²) in [4.78, 5) is 11.0. The largest absolute Gasteiger partial charge is 0.457 e. The van der Waals surface area contributed by atoms with Gasteiger partial charge in [0.1, 0.15) is 6.10 Å². The molecule has 15 heavy (non-hydrogen) atoms. The summed E-state index contributed by atoms with van der Waals surface area (Å²) in [5, 5.41) is 0. The van der Waals surface area contributed by atoms with Crippen molar-refractivity contribution in [3.63, 3.8) is 0 Å². The van der Waals surface area contributed by atoms with E-state index in [9.17, 15) is 13.6 Å². The van der Waals surface area contributed by atoms with Gasteiger partial charge in [0.15, 0.2) is 11.6 Å². The molecule has 80 valence electrons. The van der Waals surface area contributed by atoms with E-state index in [0.29, 0.717) is 12.0 Å². The van der Waals surface area contributed by atoms with E-state index in [4.69, 9.17) is 4.74 Å². The summed E-state index contributed by atoms with van der Waals surface area (Å²) in [7, 11) is 0. The third-order valence-electron chi connectivity index (χ3n) is 2.54. The fourth-order valence-electron chi connectivity index (χ4n) is 1.76. The number of halogens is 2. The van der Waals surface area contributed by atoms with Gasteiger partial charge in [0.25, 0.3) is 0 Å². The van der Waals surface area contributed by atoms with Crippen molar-refractivity contribution in [3.8, 4) is 0 Å². The maximum absolute atomic E-state index is 12.9. The summed E-state index contributed by atoms with van der Waals surface area (Å²) < 4.78 is 30.6. The van der Waals surface area contributed by atoms with Crippen LogP contribution in [0.4, 0.5) is 8.78 Å². The zero-order valence-electron chi connectivity index (χ0n) is 8.17. The smallest absolute Gasteiger partial charge is 0.306 e. The molecule has 0 aromatic heterocycles. The Hall–Kier alpha value is -1.45. The number of rotatable bonds is 1. The molecule has 0 bridgehead atoms. The molecule has 2 nitrogen and oxygen atoms in total. The van der Waals surface area contributed by atoms with Gasteiger partial charge in [-0.3, -0.25) is 4.79 Å². The molecule has 2 rings (SSSR count). The van der Waals surface area contributed by atoms with Crippen LogP contribution >= 0.6 is 0 Å². The van der Waals surface area contributed by atoms with Crippen LogP contribution in [0.1, 0.15) is 25.0 Å². The van der Waals surface area contributed by atoms with Crippen LogP contribution in [0.5, 0.6) is 0 Å². The lowest BCUT2D eigenvalue weighted by Crippen LogP contribution is -2.05. The number of carbonyl (C=O) groups is 1. The lowest BCUT2D eigenvalue weighted by molar-refractivity contribution is -0.141. The third-order valence-corrected chi connectivity index (χ3v) is 2.54. The first-order chi connectivity index (χ1) is 7.08. The van der Waals surface area contributed by atoms with E-state index in [1.807, 2.05) is 6.92 Å². The first-order valence-electron chi connectivity index (χ1n) is 4.72. The van der Waals surface area contributed by atoms with Gasteiger partial charge >= 0.3 is 5.97 Å². The van der Waals surface area contributed by atoms with Gasteiger partial charge in [0, 0.05) is 5.92 Å². The molecule has 1 aromatic rings. The minimum Gasteiger partial charge on any atom is -0.457 e. The number of benzene rings is 1. The maximum Gasteiger partial charge on any atom is 0.306 e. The van der Waals surface area contributed by atoms with Gasteiger partial charge in [0.05, 0.1) is 6.42 Å². The van der Waals surface area contributed by atoms with Crippen molar-refractivity contribution in [1.29, 1.82) is 0 Å². The molecule has 0 aliphatic carbocycles. The van der Waals surface area contributed by atoms with Gasteiger partial charge in [0.2, 0.25) is 0 Å². The van der Waals surface area contributed by atoms with Gasteiger partial charge in [-0.25, -0.2) is 8.78 Å². The second kappa shape index (κ2) is 3.61. The zero-order valence-corrected chi connectivity index (χ0v) is 8.17. The van der Waals surface area contributed by atoms with Gasteiger partial charge < -0.3 is 4.74 Å². The van der Waals surface area contributed by atoms with Crippen LogP contribution in [0.3, 0.4) is 0 Å². The second-order valence-corrected chi connectivity index (χ2v) is 3.77. The number of esters is 1. The first kappa shape index (κ1) is 10.1. The Balaban J connectivity index is 2.30. The van der Waals surface area contributed by atoms with Crippen LogP contribution in [0, 0.1) is 17.6 Å². The normalized spacial score (nSPS) is 25.4. The van der Waals surface area contributed by atoms with Gasteiger partial charge in [-0.2, -0.15) is 0 Å². The van der Waals surface area contributed by atoms with Crippen molar-refractivity contribution in [2.75, 3.05) is 0 Å². The first-order valence-corrected chi connectivity index (χ1v) is 4.72. The predicted octanol–water partition coefficient (Wildman–Crippen LogP) is 2.59. The minimum absolute atomic E-state index is 0.00219. The van der Waals surface area contributed by atoms with Crippen molar-refractivity contribution in [2.24, 2.45) is 5.92 Å². The minimum atomic E-state index is -0.914. The van der Waals surface area contributed by atoms with Crippen molar-refractivity contribution in [2.45, 2.75) is 19.4 Å². The molecule has 0 spiro atoms. The van der Waals surface area contributed by atoms with Crippen molar-refractivity contribution < 1.29 is 18.3 Å². The van der Waals surface area contributed by atoms with Crippen LogP contribution in [-0.2, 0) is 9.53 Å². The highest BCUT2D eigenvalue weighted by Crippen LogP contribution is 2.35. The Morgan fingerprint density at radius 3 is 2.60 bits per heavy atom.